The lowest BCUT2D eigenvalue weighted by atomic mass is 10.0. The zero-order valence-electron chi connectivity index (χ0n) is 31.1. The fourth-order valence-corrected chi connectivity index (χ4v) is 9.69. The molecule has 0 saturated carbocycles. The second-order valence-electron chi connectivity index (χ2n) is 14.5. The van der Waals surface area contributed by atoms with Gasteiger partial charge in [-0.25, -0.2) is 0 Å². The quantitative estimate of drug-likeness (QED) is 0.158. The first-order valence-corrected chi connectivity index (χ1v) is 20.2. The van der Waals surface area contributed by atoms with E-state index in [2.05, 4.69) is 228 Å². The summed E-state index contributed by atoms with van der Waals surface area (Å²) in [5.74, 6) is 0. The van der Waals surface area contributed by atoms with E-state index in [0.29, 0.717) is 0 Å². The molecular formula is C54H36N2S. The molecule has 0 saturated heterocycles. The molecule has 11 aromatic rings. The van der Waals surface area contributed by atoms with Gasteiger partial charge in [-0.3, -0.25) is 0 Å². The molecule has 0 fully saturated rings. The van der Waals surface area contributed by atoms with Crippen LogP contribution >= 0.6 is 11.3 Å². The fourth-order valence-electron chi connectivity index (χ4n) is 8.48. The van der Waals surface area contributed by atoms with Gasteiger partial charge in [0, 0.05) is 43.3 Å². The highest BCUT2D eigenvalue weighted by Crippen LogP contribution is 2.50. The summed E-state index contributed by atoms with van der Waals surface area (Å²) in [7, 11) is 0. The van der Waals surface area contributed by atoms with Gasteiger partial charge in [0.15, 0.2) is 0 Å². The first-order valence-electron chi connectivity index (χ1n) is 19.4. The maximum Gasteiger partial charge on any atom is 0.0648 e. The van der Waals surface area contributed by atoms with E-state index in [0.717, 1.165) is 17.1 Å². The van der Waals surface area contributed by atoms with Crippen molar-refractivity contribution < 1.29 is 0 Å². The SMILES string of the molecule is c1ccc(-c2ccc(N(c3ccc(-c4ccccc4)cc3)c3cc4c5ccccc5n(-c5ccc(-c6ccccc6)cc5)c4c4c3sc3ccccc34)cc2)cc1. The molecule has 0 aliphatic rings. The summed E-state index contributed by atoms with van der Waals surface area (Å²) in [6, 6.07) is 79.3. The van der Waals surface area contributed by atoms with Crippen LogP contribution in [0.5, 0.6) is 0 Å². The lowest BCUT2D eigenvalue weighted by Crippen LogP contribution is -2.10. The number of aromatic nitrogens is 1. The van der Waals surface area contributed by atoms with E-state index in [1.807, 2.05) is 11.3 Å². The molecule has 0 spiro atoms. The number of hydrogen-bond acceptors (Lipinski definition) is 2. The summed E-state index contributed by atoms with van der Waals surface area (Å²) >= 11 is 1.88. The van der Waals surface area contributed by atoms with E-state index in [4.69, 9.17) is 0 Å². The van der Waals surface area contributed by atoms with Crippen LogP contribution in [0.4, 0.5) is 17.1 Å². The van der Waals surface area contributed by atoms with Gasteiger partial charge in [-0.15, -0.1) is 11.3 Å². The number of hydrogen-bond donors (Lipinski definition) is 0. The molecule has 11 rings (SSSR count). The third-order valence-corrected chi connectivity index (χ3v) is 12.4. The van der Waals surface area contributed by atoms with Crippen LogP contribution in [0.3, 0.4) is 0 Å². The topological polar surface area (TPSA) is 8.17 Å². The minimum absolute atomic E-state index is 1.11. The molecule has 0 aliphatic carbocycles. The Bertz CT molecular complexity index is 3100. The largest absolute Gasteiger partial charge is 0.309 e. The summed E-state index contributed by atoms with van der Waals surface area (Å²) in [5, 5.41) is 5.01. The van der Waals surface area contributed by atoms with Crippen LogP contribution in [0.1, 0.15) is 0 Å². The molecule has 0 unspecified atom stereocenters. The third kappa shape index (κ3) is 5.71. The molecule has 3 heteroatoms. The highest BCUT2D eigenvalue weighted by atomic mass is 32.1. The van der Waals surface area contributed by atoms with Crippen molar-refractivity contribution in [2.45, 2.75) is 0 Å². The van der Waals surface area contributed by atoms with Gasteiger partial charge < -0.3 is 9.47 Å². The van der Waals surface area contributed by atoms with Gasteiger partial charge >= 0.3 is 0 Å². The van der Waals surface area contributed by atoms with Crippen molar-refractivity contribution in [1.82, 2.24) is 4.57 Å². The summed E-state index contributed by atoms with van der Waals surface area (Å²) < 4.78 is 5.02. The minimum Gasteiger partial charge on any atom is -0.309 e. The van der Waals surface area contributed by atoms with Gasteiger partial charge in [0.2, 0.25) is 0 Å². The van der Waals surface area contributed by atoms with E-state index in [-0.39, 0.29) is 0 Å². The van der Waals surface area contributed by atoms with Gasteiger partial charge in [-0.2, -0.15) is 0 Å². The van der Waals surface area contributed by atoms with Crippen LogP contribution < -0.4 is 4.90 Å². The molecule has 2 aromatic heterocycles. The van der Waals surface area contributed by atoms with Crippen LogP contribution in [0.25, 0.3) is 81.0 Å². The summed E-state index contributed by atoms with van der Waals surface area (Å²) in [6.07, 6.45) is 0. The number of nitrogens with zero attached hydrogens (tertiary/aromatic N) is 2. The monoisotopic (exact) mass is 744 g/mol. The Morgan fingerprint density at radius 3 is 1.35 bits per heavy atom. The Kier molecular flexibility index (Phi) is 8.04. The molecule has 2 nitrogen and oxygen atoms in total. The molecule has 0 N–H and O–H groups in total. The number of thiophene rings is 1. The van der Waals surface area contributed by atoms with Gasteiger partial charge in [0.05, 0.1) is 21.4 Å². The predicted molar refractivity (Wildman–Crippen MR) is 245 cm³/mol. The molecule has 9 aromatic carbocycles. The van der Waals surface area contributed by atoms with Crippen molar-refractivity contribution in [3.63, 3.8) is 0 Å². The van der Waals surface area contributed by atoms with Gasteiger partial charge in [0.25, 0.3) is 0 Å². The van der Waals surface area contributed by atoms with E-state index in [1.165, 1.54) is 81.0 Å². The second kappa shape index (κ2) is 13.8. The van der Waals surface area contributed by atoms with Gasteiger partial charge in [0.1, 0.15) is 0 Å². The molecule has 0 aliphatic heterocycles. The van der Waals surface area contributed by atoms with Crippen molar-refractivity contribution >= 4 is 70.4 Å². The lowest BCUT2D eigenvalue weighted by molar-refractivity contribution is 1.19. The van der Waals surface area contributed by atoms with Crippen LogP contribution in [-0.2, 0) is 0 Å². The summed E-state index contributed by atoms with van der Waals surface area (Å²) in [6.45, 7) is 0. The van der Waals surface area contributed by atoms with E-state index < -0.39 is 0 Å². The highest BCUT2D eigenvalue weighted by Gasteiger charge is 2.25. The zero-order chi connectivity index (χ0) is 37.7. The molecule has 2 heterocycles. The van der Waals surface area contributed by atoms with Crippen molar-refractivity contribution in [1.29, 1.82) is 0 Å². The average Bonchev–Trinajstić information content (AvgIpc) is 3.84. The van der Waals surface area contributed by atoms with Crippen molar-refractivity contribution in [2.75, 3.05) is 4.90 Å². The van der Waals surface area contributed by atoms with Gasteiger partial charge in [-0.1, -0.05) is 164 Å². The van der Waals surface area contributed by atoms with Crippen molar-refractivity contribution in [3.05, 3.63) is 218 Å². The number of anilines is 3. The second-order valence-corrected chi connectivity index (χ2v) is 15.6. The molecule has 0 amide bonds. The van der Waals surface area contributed by atoms with Crippen LogP contribution in [-0.4, -0.2) is 4.57 Å². The van der Waals surface area contributed by atoms with E-state index in [9.17, 15) is 0 Å². The highest BCUT2D eigenvalue weighted by molar-refractivity contribution is 7.26. The Balaban J connectivity index is 1.18. The van der Waals surface area contributed by atoms with E-state index >= 15 is 0 Å². The molecular weight excluding hydrogens is 709 g/mol. The van der Waals surface area contributed by atoms with Crippen molar-refractivity contribution in [2.24, 2.45) is 0 Å². The molecule has 268 valence electrons. The number of para-hydroxylation sites is 1. The predicted octanol–water partition coefficient (Wildman–Crippen LogP) is 15.6. The molecule has 0 atom stereocenters. The zero-order valence-corrected chi connectivity index (χ0v) is 31.9. The molecule has 0 bridgehead atoms. The molecule has 0 radical (unpaired) electrons. The van der Waals surface area contributed by atoms with Crippen LogP contribution in [0, 0.1) is 0 Å². The number of rotatable bonds is 7. The fraction of sp³-hybridized carbons (Fsp3) is 0. The maximum absolute atomic E-state index is 2.48. The van der Waals surface area contributed by atoms with Gasteiger partial charge in [-0.05, 0) is 88.0 Å². The normalized spacial score (nSPS) is 11.5. The Morgan fingerprint density at radius 2 is 0.807 bits per heavy atom. The van der Waals surface area contributed by atoms with Crippen molar-refractivity contribution in [3.8, 4) is 39.1 Å². The summed E-state index contributed by atoms with van der Waals surface area (Å²) in [5.41, 5.74) is 14.2. The number of fused-ring (bicyclic) bond motifs is 7. The minimum atomic E-state index is 1.11. The Morgan fingerprint density at radius 1 is 0.368 bits per heavy atom. The maximum atomic E-state index is 2.48. The smallest absolute Gasteiger partial charge is 0.0648 e. The average molecular weight is 745 g/mol. The number of benzene rings is 9. The Labute approximate surface area is 335 Å². The standard InChI is InChI=1S/C54H36N2S/c1-4-14-37(15-5-1)40-24-30-43(31-25-40)55(44-32-26-41(27-33-44)38-16-6-2-7-17-38)50-36-48-46-20-10-12-22-49(46)56(45-34-28-42(29-35-45)39-18-8-3-9-19-39)53(48)52-47-21-11-13-23-51(47)57-54(50)52/h1-36H. The Hall–Kier alpha value is -7.20. The van der Waals surface area contributed by atoms with E-state index in [1.54, 1.807) is 0 Å². The lowest BCUT2D eigenvalue weighted by Gasteiger charge is -2.27. The van der Waals surface area contributed by atoms with Crippen LogP contribution in [0.15, 0.2) is 218 Å². The summed E-state index contributed by atoms with van der Waals surface area (Å²) in [4.78, 5) is 2.46. The third-order valence-electron chi connectivity index (χ3n) is 11.2. The molecule has 57 heavy (non-hydrogen) atoms. The van der Waals surface area contributed by atoms with Crippen LogP contribution in [0.2, 0.25) is 0 Å². The first-order chi connectivity index (χ1) is 28.3. The first kappa shape index (κ1) is 33.2.